The van der Waals surface area contributed by atoms with Crippen molar-refractivity contribution in [2.45, 2.75) is 25.3 Å². The van der Waals surface area contributed by atoms with Gasteiger partial charge in [0.2, 0.25) is 0 Å². The molecule has 1 nitrogen and oxygen atoms in total. The standard InChI is InChI=1S/C11H16INS/c1-3-4-5-6-10(13-2)9-7-11(12)14-8-9/h3,7-8,10,13H,1,4-6H2,2H3. The van der Waals surface area contributed by atoms with Crippen LogP contribution in [-0.2, 0) is 0 Å². The first-order chi connectivity index (χ1) is 6.77. The van der Waals surface area contributed by atoms with Crippen LogP contribution in [0.3, 0.4) is 0 Å². The van der Waals surface area contributed by atoms with Crippen molar-refractivity contribution in [3.8, 4) is 0 Å². The Bertz CT molecular complexity index is 283. The van der Waals surface area contributed by atoms with Gasteiger partial charge in [-0.3, -0.25) is 0 Å². The number of allylic oxidation sites excluding steroid dienone is 1. The van der Waals surface area contributed by atoms with Crippen molar-refractivity contribution < 1.29 is 0 Å². The second-order valence-electron chi connectivity index (χ2n) is 3.24. The van der Waals surface area contributed by atoms with E-state index in [9.17, 15) is 0 Å². The average molecular weight is 321 g/mol. The van der Waals surface area contributed by atoms with Crippen LogP contribution in [0.4, 0.5) is 0 Å². The first kappa shape index (κ1) is 12.2. The molecule has 0 saturated carbocycles. The number of unbranched alkanes of at least 4 members (excludes halogenated alkanes) is 1. The highest BCUT2D eigenvalue weighted by atomic mass is 127. The summed E-state index contributed by atoms with van der Waals surface area (Å²) in [7, 11) is 2.03. The molecule has 0 bridgehead atoms. The predicted octanol–water partition coefficient (Wildman–Crippen LogP) is 3.97. The van der Waals surface area contributed by atoms with Crippen molar-refractivity contribution >= 4 is 33.9 Å². The summed E-state index contributed by atoms with van der Waals surface area (Å²) in [6.45, 7) is 3.74. The zero-order chi connectivity index (χ0) is 10.4. The molecule has 0 fully saturated rings. The average Bonchev–Trinajstić information content (AvgIpc) is 2.60. The Morgan fingerprint density at radius 1 is 1.71 bits per heavy atom. The third kappa shape index (κ3) is 3.71. The van der Waals surface area contributed by atoms with Gasteiger partial charge in [-0.25, -0.2) is 0 Å². The van der Waals surface area contributed by atoms with E-state index < -0.39 is 0 Å². The van der Waals surface area contributed by atoms with Gasteiger partial charge in [-0.2, -0.15) is 0 Å². The molecule has 0 radical (unpaired) electrons. The highest BCUT2D eigenvalue weighted by Crippen LogP contribution is 2.25. The van der Waals surface area contributed by atoms with E-state index in [-0.39, 0.29) is 0 Å². The fourth-order valence-electron chi connectivity index (χ4n) is 1.45. The zero-order valence-corrected chi connectivity index (χ0v) is 11.4. The largest absolute Gasteiger partial charge is 0.313 e. The van der Waals surface area contributed by atoms with Gasteiger partial charge in [0.15, 0.2) is 0 Å². The maximum Gasteiger partial charge on any atom is 0.0656 e. The molecule has 1 atom stereocenters. The summed E-state index contributed by atoms with van der Waals surface area (Å²) >= 11 is 4.18. The lowest BCUT2D eigenvalue weighted by Gasteiger charge is -2.13. The molecule has 3 heteroatoms. The quantitative estimate of drug-likeness (QED) is 0.475. The van der Waals surface area contributed by atoms with Crippen LogP contribution in [0, 0.1) is 2.88 Å². The predicted molar refractivity (Wildman–Crippen MR) is 72.9 cm³/mol. The molecule has 0 saturated heterocycles. The molecule has 0 aromatic carbocycles. The lowest BCUT2D eigenvalue weighted by Crippen LogP contribution is -2.15. The molecule has 1 unspecified atom stereocenters. The number of hydrogen-bond donors (Lipinski definition) is 1. The van der Waals surface area contributed by atoms with Gasteiger partial charge >= 0.3 is 0 Å². The van der Waals surface area contributed by atoms with Gasteiger partial charge in [-0.05, 0) is 65.9 Å². The Morgan fingerprint density at radius 3 is 3.00 bits per heavy atom. The smallest absolute Gasteiger partial charge is 0.0656 e. The fourth-order valence-corrected chi connectivity index (χ4v) is 2.88. The number of thiophene rings is 1. The highest BCUT2D eigenvalue weighted by molar-refractivity contribution is 14.1. The molecule has 1 aromatic heterocycles. The van der Waals surface area contributed by atoms with Gasteiger partial charge in [0.05, 0.1) is 2.88 Å². The van der Waals surface area contributed by atoms with Gasteiger partial charge in [0.25, 0.3) is 0 Å². The van der Waals surface area contributed by atoms with Crippen molar-refractivity contribution in [2.24, 2.45) is 0 Å². The van der Waals surface area contributed by atoms with Crippen molar-refractivity contribution in [3.05, 3.63) is 32.5 Å². The SMILES string of the molecule is C=CCCCC(NC)c1csc(I)c1. The van der Waals surface area contributed by atoms with Crippen LogP contribution < -0.4 is 5.32 Å². The lowest BCUT2D eigenvalue weighted by atomic mass is 10.0. The maximum absolute atomic E-state index is 3.74. The Kier molecular flexibility index (Phi) is 5.74. The van der Waals surface area contributed by atoms with Crippen molar-refractivity contribution in [2.75, 3.05) is 7.05 Å². The van der Waals surface area contributed by atoms with E-state index in [0.29, 0.717) is 6.04 Å². The van der Waals surface area contributed by atoms with Crippen LogP contribution in [0.15, 0.2) is 24.1 Å². The first-order valence-corrected chi connectivity index (χ1v) is 6.76. The van der Waals surface area contributed by atoms with Gasteiger partial charge in [0.1, 0.15) is 0 Å². The lowest BCUT2D eigenvalue weighted by molar-refractivity contribution is 0.531. The van der Waals surface area contributed by atoms with E-state index in [1.165, 1.54) is 21.3 Å². The van der Waals surface area contributed by atoms with Crippen molar-refractivity contribution in [1.29, 1.82) is 0 Å². The second-order valence-corrected chi connectivity index (χ2v) is 6.05. The molecule has 1 aromatic rings. The summed E-state index contributed by atoms with van der Waals surface area (Å²) in [4.78, 5) is 0. The Hall–Kier alpha value is 0.130. The molecular formula is C11H16INS. The maximum atomic E-state index is 3.74. The van der Waals surface area contributed by atoms with Gasteiger partial charge in [-0.1, -0.05) is 6.08 Å². The summed E-state index contributed by atoms with van der Waals surface area (Å²) in [5.41, 5.74) is 1.42. The minimum absolute atomic E-state index is 0.509. The Balaban J connectivity index is 2.49. The third-order valence-electron chi connectivity index (χ3n) is 2.24. The van der Waals surface area contributed by atoms with Crippen LogP contribution in [-0.4, -0.2) is 7.05 Å². The van der Waals surface area contributed by atoms with E-state index in [0.717, 1.165) is 6.42 Å². The minimum atomic E-state index is 0.509. The van der Waals surface area contributed by atoms with Crippen molar-refractivity contribution in [3.63, 3.8) is 0 Å². The summed E-state index contributed by atoms with van der Waals surface area (Å²) < 4.78 is 1.36. The van der Waals surface area contributed by atoms with Gasteiger partial charge in [-0.15, -0.1) is 17.9 Å². The second kappa shape index (κ2) is 6.58. The van der Waals surface area contributed by atoms with Gasteiger partial charge < -0.3 is 5.32 Å². The minimum Gasteiger partial charge on any atom is -0.313 e. The summed E-state index contributed by atoms with van der Waals surface area (Å²) in [6.07, 6.45) is 5.50. The topological polar surface area (TPSA) is 12.0 Å². The molecule has 14 heavy (non-hydrogen) atoms. The molecule has 0 aliphatic rings. The van der Waals surface area contributed by atoms with Crippen molar-refractivity contribution in [1.82, 2.24) is 5.32 Å². The van der Waals surface area contributed by atoms with Crippen LogP contribution >= 0.6 is 33.9 Å². The van der Waals surface area contributed by atoms with Crippen LogP contribution in [0.25, 0.3) is 0 Å². The number of hydrogen-bond acceptors (Lipinski definition) is 2. The number of nitrogens with one attached hydrogen (secondary N) is 1. The molecule has 0 aliphatic carbocycles. The van der Waals surface area contributed by atoms with E-state index in [1.807, 2.05) is 24.5 Å². The molecule has 78 valence electrons. The van der Waals surface area contributed by atoms with Crippen LogP contribution in [0.2, 0.25) is 0 Å². The molecule has 0 amide bonds. The van der Waals surface area contributed by atoms with Crippen LogP contribution in [0.5, 0.6) is 0 Å². The molecule has 0 spiro atoms. The van der Waals surface area contributed by atoms with E-state index in [1.54, 1.807) is 0 Å². The molecule has 1 heterocycles. The number of halogens is 1. The molecule has 0 aliphatic heterocycles. The van der Waals surface area contributed by atoms with Gasteiger partial charge in [0, 0.05) is 6.04 Å². The molecular weight excluding hydrogens is 305 g/mol. The Labute approximate surface area is 104 Å². The van der Waals surface area contributed by atoms with E-state index in [2.05, 4.69) is 45.9 Å². The number of rotatable bonds is 6. The zero-order valence-electron chi connectivity index (χ0n) is 8.42. The fraction of sp³-hybridized carbons (Fsp3) is 0.455. The molecule has 1 rings (SSSR count). The highest BCUT2D eigenvalue weighted by Gasteiger charge is 2.09. The Morgan fingerprint density at radius 2 is 2.50 bits per heavy atom. The molecule has 1 N–H and O–H groups in total. The first-order valence-electron chi connectivity index (χ1n) is 4.80. The van der Waals surface area contributed by atoms with E-state index in [4.69, 9.17) is 0 Å². The monoisotopic (exact) mass is 321 g/mol. The van der Waals surface area contributed by atoms with Crippen LogP contribution in [0.1, 0.15) is 30.9 Å². The summed E-state index contributed by atoms with van der Waals surface area (Å²) in [6, 6.07) is 2.77. The van der Waals surface area contributed by atoms with E-state index >= 15 is 0 Å². The summed E-state index contributed by atoms with van der Waals surface area (Å²) in [5, 5.41) is 5.61. The third-order valence-corrected chi connectivity index (χ3v) is 4.05. The normalized spacial score (nSPS) is 12.7. The summed E-state index contributed by atoms with van der Waals surface area (Å²) in [5.74, 6) is 0.